The number of hydrogen-bond acceptors (Lipinski definition) is 1. The van der Waals surface area contributed by atoms with Gasteiger partial charge in [0.05, 0.1) is 0 Å². The molecule has 1 aromatic rings. The number of carbonyl (C=O) groups excluding carboxylic acids is 1. The molecule has 1 aromatic carbocycles. The molecule has 0 bridgehead atoms. The van der Waals surface area contributed by atoms with Crippen molar-refractivity contribution in [1.29, 1.82) is 0 Å². The fourth-order valence-corrected chi connectivity index (χ4v) is 1.64. The minimum atomic E-state index is 0.0353. The van der Waals surface area contributed by atoms with E-state index in [1.165, 1.54) is 0 Å². The maximum absolute atomic E-state index is 11.2. The van der Waals surface area contributed by atoms with E-state index in [9.17, 15) is 4.79 Å². The largest absolute Gasteiger partial charge is 0.325 e. The van der Waals surface area contributed by atoms with Crippen molar-refractivity contribution in [3.63, 3.8) is 0 Å². The van der Waals surface area contributed by atoms with Crippen LogP contribution in [-0.4, -0.2) is 5.91 Å². The predicted octanol–water partition coefficient (Wildman–Crippen LogP) is 2.80. The average molecular weight is 238 g/mol. The molecule has 0 atom stereocenters. The maximum atomic E-state index is 11.2. The van der Waals surface area contributed by atoms with Crippen LogP contribution in [0.3, 0.4) is 0 Å². The minimum Gasteiger partial charge on any atom is -0.325 e. The van der Waals surface area contributed by atoms with E-state index in [-0.39, 0.29) is 5.91 Å². The Hall–Kier alpha value is -1.09. The zero-order chi connectivity index (χ0) is 9.26. The maximum Gasteiger partial charge on any atom is 0.228 e. The Morgan fingerprint density at radius 3 is 3.08 bits per heavy atom. The second-order valence-corrected chi connectivity index (χ2v) is 3.80. The zero-order valence-corrected chi connectivity index (χ0v) is 8.47. The third-order valence-electron chi connectivity index (χ3n) is 1.89. The summed E-state index contributed by atoms with van der Waals surface area (Å²) in [5.74, 6) is 0.0353. The number of hydrogen-bond donors (Lipinski definition) is 1. The zero-order valence-electron chi connectivity index (χ0n) is 6.88. The van der Waals surface area contributed by atoms with E-state index in [1.807, 2.05) is 30.4 Å². The first-order valence-electron chi connectivity index (χ1n) is 4.01. The van der Waals surface area contributed by atoms with Crippen molar-refractivity contribution in [2.45, 2.75) is 6.42 Å². The SMILES string of the molecule is O=C1CC=Cc2ccc(Br)cc2N1. The predicted molar refractivity (Wildman–Crippen MR) is 56.4 cm³/mol. The van der Waals surface area contributed by atoms with Crippen LogP contribution in [0.15, 0.2) is 28.7 Å². The van der Waals surface area contributed by atoms with Crippen LogP contribution < -0.4 is 5.32 Å². The molecule has 0 aliphatic carbocycles. The topological polar surface area (TPSA) is 29.1 Å². The first-order chi connectivity index (χ1) is 6.25. The highest BCUT2D eigenvalue weighted by Crippen LogP contribution is 2.24. The van der Waals surface area contributed by atoms with Crippen LogP contribution in [0.5, 0.6) is 0 Å². The first-order valence-corrected chi connectivity index (χ1v) is 4.81. The van der Waals surface area contributed by atoms with Crippen LogP contribution in [0, 0.1) is 0 Å². The quantitative estimate of drug-likeness (QED) is 0.739. The van der Waals surface area contributed by atoms with E-state index >= 15 is 0 Å². The van der Waals surface area contributed by atoms with Crippen molar-refractivity contribution in [3.05, 3.63) is 34.3 Å². The molecular weight excluding hydrogens is 230 g/mol. The molecule has 0 fully saturated rings. The van der Waals surface area contributed by atoms with Crippen molar-refractivity contribution in [2.24, 2.45) is 0 Å². The summed E-state index contributed by atoms with van der Waals surface area (Å²) in [6, 6.07) is 5.84. The Morgan fingerprint density at radius 1 is 1.38 bits per heavy atom. The van der Waals surface area contributed by atoms with Gasteiger partial charge in [-0.15, -0.1) is 0 Å². The van der Waals surface area contributed by atoms with Crippen molar-refractivity contribution >= 4 is 33.6 Å². The second-order valence-electron chi connectivity index (χ2n) is 2.89. The normalized spacial score (nSPS) is 14.7. The molecule has 1 amide bonds. The van der Waals surface area contributed by atoms with E-state index in [2.05, 4.69) is 21.2 Å². The highest BCUT2D eigenvalue weighted by atomic mass is 79.9. The van der Waals surface area contributed by atoms with Gasteiger partial charge in [0.15, 0.2) is 0 Å². The van der Waals surface area contributed by atoms with Gasteiger partial charge in [0.1, 0.15) is 0 Å². The summed E-state index contributed by atoms with van der Waals surface area (Å²) < 4.78 is 0.974. The standard InChI is InChI=1S/C10H8BrNO/c11-8-5-4-7-2-1-3-10(13)12-9(7)6-8/h1-2,4-6H,3H2,(H,12,13). The molecule has 1 aliphatic rings. The number of rotatable bonds is 0. The Balaban J connectivity index is 2.49. The molecule has 1 N–H and O–H groups in total. The molecule has 0 unspecified atom stereocenters. The summed E-state index contributed by atoms with van der Waals surface area (Å²) in [6.07, 6.45) is 4.28. The van der Waals surface area contributed by atoms with Crippen LogP contribution in [-0.2, 0) is 4.79 Å². The molecule has 66 valence electrons. The van der Waals surface area contributed by atoms with Gasteiger partial charge in [-0.25, -0.2) is 0 Å². The van der Waals surface area contributed by atoms with Gasteiger partial charge < -0.3 is 5.32 Å². The average Bonchev–Trinajstić information content (AvgIpc) is 2.25. The minimum absolute atomic E-state index is 0.0353. The highest BCUT2D eigenvalue weighted by molar-refractivity contribution is 9.10. The van der Waals surface area contributed by atoms with Gasteiger partial charge in [-0.05, 0) is 17.7 Å². The fraction of sp³-hybridized carbons (Fsp3) is 0.100. The van der Waals surface area contributed by atoms with Crippen molar-refractivity contribution in [2.75, 3.05) is 5.32 Å². The van der Waals surface area contributed by atoms with E-state index in [0.29, 0.717) is 6.42 Å². The van der Waals surface area contributed by atoms with E-state index in [4.69, 9.17) is 0 Å². The van der Waals surface area contributed by atoms with E-state index in [1.54, 1.807) is 0 Å². The number of halogens is 1. The third kappa shape index (κ3) is 1.80. The van der Waals surface area contributed by atoms with Crippen molar-refractivity contribution < 1.29 is 4.79 Å². The summed E-state index contributed by atoms with van der Waals surface area (Å²) in [5, 5.41) is 2.83. The molecule has 2 rings (SSSR count). The lowest BCUT2D eigenvalue weighted by atomic mass is 10.2. The summed E-state index contributed by atoms with van der Waals surface area (Å²) >= 11 is 3.36. The second kappa shape index (κ2) is 3.34. The van der Waals surface area contributed by atoms with Gasteiger partial charge in [-0.3, -0.25) is 4.79 Å². The lowest BCUT2D eigenvalue weighted by Gasteiger charge is -2.05. The molecule has 0 saturated carbocycles. The van der Waals surface area contributed by atoms with Gasteiger partial charge >= 0.3 is 0 Å². The molecular formula is C10H8BrNO. The Labute approximate surface area is 84.8 Å². The number of carbonyl (C=O) groups is 1. The van der Waals surface area contributed by atoms with Crippen LogP contribution in [0.25, 0.3) is 6.08 Å². The van der Waals surface area contributed by atoms with Gasteiger partial charge in [-0.2, -0.15) is 0 Å². The van der Waals surface area contributed by atoms with Crippen LogP contribution >= 0.6 is 15.9 Å². The molecule has 1 heterocycles. The Bertz CT molecular complexity index is 385. The molecule has 0 saturated heterocycles. The summed E-state index contributed by atoms with van der Waals surface area (Å²) in [6.45, 7) is 0. The lowest BCUT2D eigenvalue weighted by molar-refractivity contribution is -0.115. The third-order valence-corrected chi connectivity index (χ3v) is 2.38. The van der Waals surface area contributed by atoms with Crippen LogP contribution in [0.4, 0.5) is 5.69 Å². The molecule has 0 aromatic heterocycles. The molecule has 0 radical (unpaired) electrons. The monoisotopic (exact) mass is 237 g/mol. The van der Waals surface area contributed by atoms with Crippen LogP contribution in [0.1, 0.15) is 12.0 Å². The smallest absolute Gasteiger partial charge is 0.228 e. The molecule has 3 heteroatoms. The van der Waals surface area contributed by atoms with Crippen molar-refractivity contribution in [3.8, 4) is 0 Å². The first kappa shape index (κ1) is 8.51. The number of nitrogens with one attached hydrogen (secondary N) is 1. The molecule has 0 spiro atoms. The summed E-state index contributed by atoms with van der Waals surface area (Å²) in [5.41, 5.74) is 1.92. The van der Waals surface area contributed by atoms with Crippen molar-refractivity contribution in [1.82, 2.24) is 0 Å². The highest BCUT2D eigenvalue weighted by Gasteiger charge is 2.07. The molecule has 1 aliphatic heterocycles. The fourth-order valence-electron chi connectivity index (χ4n) is 1.28. The van der Waals surface area contributed by atoms with E-state index in [0.717, 1.165) is 15.7 Å². The van der Waals surface area contributed by atoms with Gasteiger partial charge in [0.2, 0.25) is 5.91 Å². The van der Waals surface area contributed by atoms with Gasteiger partial charge in [-0.1, -0.05) is 34.1 Å². The van der Waals surface area contributed by atoms with Gasteiger partial charge in [0, 0.05) is 16.6 Å². The lowest BCUT2D eigenvalue weighted by Crippen LogP contribution is -2.09. The molecule has 13 heavy (non-hydrogen) atoms. The van der Waals surface area contributed by atoms with Gasteiger partial charge in [0.25, 0.3) is 0 Å². The summed E-state index contributed by atoms with van der Waals surface area (Å²) in [4.78, 5) is 11.2. The van der Waals surface area contributed by atoms with Crippen LogP contribution in [0.2, 0.25) is 0 Å². The summed E-state index contributed by atoms with van der Waals surface area (Å²) in [7, 11) is 0. The molecule has 2 nitrogen and oxygen atoms in total. The Morgan fingerprint density at radius 2 is 2.23 bits per heavy atom. The number of benzene rings is 1. The number of fused-ring (bicyclic) bond motifs is 1. The van der Waals surface area contributed by atoms with E-state index < -0.39 is 0 Å². The number of amides is 1. The number of anilines is 1. The Kier molecular flexibility index (Phi) is 2.19.